The molecule has 0 radical (unpaired) electrons. The number of rotatable bonds is 9. The lowest BCUT2D eigenvalue weighted by Gasteiger charge is -2.15. The van der Waals surface area contributed by atoms with E-state index in [0.717, 1.165) is 19.6 Å². The van der Waals surface area contributed by atoms with Crippen molar-refractivity contribution in [3.05, 3.63) is 17.9 Å². The van der Waals surface area contributed by atoms with Gasteiger partial charge in [0.2, 0.25) is 0 Å². The zero-order chi connectivity index (χ0) is 15.8. The molecule has 0 unspecified atom stereocenters. The number of nitrogens with one attached hydrogen (secondary N) is 1. The van der Waals surface area contributed by atoms with E-state index in [-0.39, 0.29) is 11.9 Å². The van der Waals surface area contributed by atoms with Crippen LogP contribution < -0.4 is 15.8 Å². The third-order valence-corrected chi connectivity index (χ3v) is 2.70. The molecule has 3 N–H and O–H groups in total. The van der Waals surface area contributed by atoms with Crippen molar-refractivity contribution in [2.75, 3.05) is 30.8 Å². The monoisotopic (exact) mass is 298 g/mol. The zero-order valence-electron chi connectivity index (χ0n) is 13.4. The minimum atomic E-state index is -0.438. The fourth-order valence-corrected chi connectivity index (χ4v) is 1.78. The van der Waals surface area contributed by atoms with E-state index in [9.17, 15) is 4.39 Å². The third kappa shape index (κ3) is 6.67. The topological polar surface area (TPSA) is 56.5 Å². The van der Waals surface area contributed by atoms with E-state index in [1.807, 2.05) is 13.8 Å². The number of hydrogen-bond donors (Lipinski definition) is 2. The molecule has 4 nitrogen and oxygen atoms in total. The summed E-state index contributed by atoms with van der Waals surface area (Å²) in [5.74, 6) is 0.325. The summed E-state index contributed by atoms with van der Waals surface area (Å²) in [7, 11) is 0. The zero-order valence-corrected chi connectivity index (χ0v) is 13.4. The molecule has 0 fully saturated rings. The highest BCUT2D eigenvalue weighted by molar-refractivity contribution is 5.68. The second-order valence-corrected chi connectivity index (χ2v) is 5.79. The van der Waals surface area contributed by atoms with Crippen LogP contribution in [0.5, 0.6) is 5.75 Å². The van der Waals surface area contributed by atoms with Crippen LogP contribution in [0.15, 0.2) is 12.1 Å². The van der Waals surface area contributed by atoms with Gasteiger partial charge in [0.1, 0.15) is 0 Å². The molecule has 0 saturated carbocycles. The van der Waals surface area contributed by atoms with Crippen molar-refractivity contribution in [3.63, 3.8) is 0 Å². The molecule has 1 rings (SSSR count). The molecular weight excluding hydrogens is 271 g/mol. The highest BCUT2D eigenvalue weighted by atomic mass is 19.1. The number of hydrogen-bond acceptors (Lipinski definition) is 4. The fourth-order valence-electron chi connectivity index (χ4n) is 1.78. The quantitative estimate of drug-likeness (QED) is 0.539. The van der Waals surface area contributed by atoms with Crippen molar-refractivity contribution in [1.82, 2.24) is 0 Å². The summed E-state index contributed by atoms with van der Waals surface area (Å²) in [5, 5.41) is 3.19. The Labute approximate surface area is 126 Å². The van der Waals surface area contributed by atoms with Gasteiger partial charge < -0.3 is 20.5 Å². The van der Waals surface area contributed by atoms with Crippen LogP contribution >= 0.6 is 0 Å². The van der Waals surface area contributed by atoms with Gasteiger partial charge >= 0.3 is 0 Å². The Bertz CT molecular complexity index is 437. The summed E-state index contributed by atoms with van der Waals surface area (Å²) in [6.45, 7) is 10.1. The molecule has 120 valence electrons. The van der Waals surface area contributed by atoms with Crippen LogP contribution in [0.4, 0.5) is 15.8 Å². The van der Waals surface area contributed by atoms with Gasteiger partial charge in [-0.2, -0.15) is 0 Å². The van der Waals surface area contributed by atoms with Crippen LogP contribution in [0.25, 0.3) is 0 Å². The van der Waals surface area contributed by atoms with Crippen LogP contribution in [0.2, 0.25) is 0 Å². The first-order chi connectivity index (χ1) is 9.90. The minimum absolute atomic E-state index is 0.0830. The molecule has 5 heteroatoms. The highest BCUT2D eigenvalue weighted by Crippen LogP contribution is 2.28. The van der Waals surface area contributed by atoms with Crippen molar-refractivity contribution in [3.8, 4) is 5.75 Å². The fraction of sp³-hybridized carbons (Fsp3) is 0.625. The first-order valence-electron chi connectivity index (χ1n) is 7.47. The molecule has 0 aliphatic rings. The lowest BCUT2D eigenvalue weighted by atomic mass is 10.2. The van der Waals surface area contributed by atoms with E-state index < -0.39 is 5.82 Å². The second kappa shape index (κ2) is 8.72. The maximum atomic E-state index is 13.7. The van der Waals surface area contributed by atoms with Crippen LogP contribution in [-0.4, -0.2) is 25.9 Å². The van der Waals surface area contributed by atoms with Gasteiger partial charge in [0.05, 0.1) is 17.5 Å². The Morgan fingerprint density at radius 1 is 1.24 bits per heavy atom. The van der Waals surface area contributed by atoms with Gasteiger partial charge in [0.15, 0.2) is 11.6 Å². The summed E-state index contributed by atoms with van der Waals surface area (Å²) >= 11 is 0. The predicted molar refractivity (Wildman–Crippen MR) is 85.3 cm³/mol. The number of halogens is 1. The number of ether oxygens (including phenoxy) is 2. The molecule has 0 bridgehead atoms. The molecule has 21 heavy (non-hydrogen) atoms. The van der Waals surface area contributed by atoms with Gasteiger partial charge in [-0.3, -0.25) is 0 Å². The van der Waals surface area contributed by atoms with E-state index in [1.54, 1.807) is 6.07 Å². The van der Waals surface area contributed by atoms with E-state index in [2.05, 4.69) is 19.2 Å². The molecule has 0 amide bonds. The number of nitrogen functional groups attached to an aromatic ring is 1. The van der Waals surface area contributed by atoms with Gasteiger partial charge in [-0.1, -0.05) is 13.8 Å². The number of nitrogens with two attached hydrogens (primary N) is 1. The molecule has 0 heterocycles. The predicted octanol–water partition coefficient (Wildman–Crippen LogP) is 3.67. The average molecular weight is 298 g/mol. The molecule has 1 aromatic rings. The Morgan fingerprint density at radius 3 is 2.57 bits per heavy atom. The third-order valence-electron chi connectivity index (χ3n) is 2.70. The minimum Gasteiger partial charge on any atom is -0.488 e. The SMILES string of the molecule is CC(C)COCCCNc1cc(OC(C)C)c(F)cc1N. The van der Waals surface area contributed by atoms with Gasteiger partial charge in [-0.15, -0.1) is 0 Å². The molecule has 0 aromatic heterocycles. The summed E-state index contributed by atoms with van der Waals surface area (Å²) < 4.78 is 24.6. The van der Waals surface area contributed by atoms with Crippen LogP contribution in [-0.2, 0) is 4.74 Å². The lowest BCUT2D eigenvalue weighted by Crippen LogP contribution is -2.11. The largest absolute Gasteiger partial charge is 0.488 e. The molecule has 0 aliphatic heterocycles. The maximum absolute atomic E-state index is 13.7. The second-order valence-electron chi connectivity index (χ2n) is 5.79. The smallest absolute Gasteiger partial charge is 0.167 e. The van der Waals surface area contributed by atoms with Crippen molar-refractivity contribution in [2.45, 2.75) is 40.2 Å². The van der Waals surface area contributed by atoms with E-state index in [4.69, 9.17) is 15.2 Å². The molecular formula is C16H27FN2O2. The van der Waals surface area contributed by atoms with Gasteiger partial charge in [-0.25, -0.2) is 4.39 Å². The first kappa shape index (κ1) is 17.6. The van der Waals surface area contributed by atoms with Crippen molar-refractivity contribution < 1.29 is 13.9 Å². The van der Waals surface area contributed by atoms with E-state index in [1.165, 1.54) is 6.07 Å². The average Bonchev–Trinajstić information content (AvgIpc) is 2.37. The molecule has 0 aliphatic carbocycles. The molecule has 1 aromatic carbocycles. The molecule has 0 spiro atoms. The van der Waals surface area contributed by atoms with Gasteiger partial charge in [-0.05, 0) is 26.2 Å². The summed E-state index contributed by atoms with van der Waals surface area (Å²) in [4.78, 5) is 0. The van der Waals surface area contributed by atoms with Crippen LogP contribution in [0, 0.1) is 11.7 Å². The normalized spacial score (nSPS) is 11.2. The molecule has 0 saturated heterocycles. The Hall–Kier alpha value is -1.49. The van der Waals surface area contributed by atoms with E-state index >= 15 is 0 Å². The van der Waals surface area contributed by atoms with Crippen molar-refractivity contribution in [2.24, 2.45) is 5.92 Å². The number of anilines is 2. The van der Waals surface area contributed by atoms with Gasteiger partial charge in [0.25, 0.3) is 0 Å². The molecule has 0 atom stereocenters. The Kier molecular flexibility index (Phi) is 7.29. The van der Waals surface area contributed by atoms with Crippen LogP contribution in [0.3, 0.4) is 0 Å². The number of benzene rings is 1. The van der Waals surface area contributed by atoms with Gasteiger partial charge in [0, 0.05) is 31.9 Å². The first-order valence-corrected chi connectivity index (χ1v) is 7.47. The Balaban J connectivity index is 2.47. The summed E-state index contributed by atoms with van der Waals surface area (Å²) in [6.07, 6.45) is 0.782. The van der Waals surface area contributed by atoms with Crippen molar-refractivity contribution >= 4 is 11.4 Å². The summed E-state index contributed by atoms with van der Waals surface area (Å²) in [5.41, 5.74) is 6.88. The summed E-state index contributed by atoms with van der Waals surface area (Å²) in [6, 6.07) is 2.90. The standard InChI is InChI=1S/C16H27FN2O2/c1-11(2)10-20-7-5-6-19-15-9-16(21-12(3)4)13(17)8-14(15)18/h8-9,11-12,19H,5-7,10,18H2,1-4H3. The van der Waals surface area contributed by atoms with Crippen LogP contribution in [0.1, 0.15) is 34.1 Å². The van der Waals surface area contributed by atoms with Crippen molar-refractivity contribution in [1.29, 1.82) is 0 Å². The highest BCUT2D eigenvalue weighted by Gasteiger charge is 2.10. The lowest BCUT2D eigenvalue weighted by molar-refractivity contribution is 0.110. The Morgan fingerprint density at radius 2 is 1.95 bits per heavy atom. The maximum Gasteiger partial charge on any atom is 0.167 e. The van der Waals surface area contributed by atoms with E-state index in [0.29, 0.717) is 23.9 Å².